The molecule has 1 saturated heterocycles. The molecule has 1 fully saturated rings. The summed E-state index contributed by atoms with van der Waals surface area (Å²) in [6, 6.07) is 6.31. The predicted molar refractivity (Wildman–Crippen MR) is 72.9 cm³/mol. The molecule has 1 aliphatic heterocycles. The second kappa shape index (κ2) is 5.61. The monoisotopic (exact) mass is 249 g/mol. The number of ether oxygens (including phenoxy) is 1. The van der Waals surface area contributed by atoms with Crippen molar-refractivity contribution in [2.24, 2.45) is 5.92 Å². The third-order valence-corrected chi connectivity index (χ3v) is 3.88. The highest BCUT2D eigenvalue weighted by Gasteiger charge is 2.22. The van der Waals surface area contributed by atoms with Crippen LogP contribution < -0.4 is 4.74 Å². The van der Waals surface area contributed by atoms with E-state index in [1.807, 2.05) is 18.2 Å². The first kappa shape index (κ1) is 13.2. The average molecular weight is 249 g/mol. The van der Waals surface area contributed by atoms with E-state index in [0.29, 0.717) is 11.8 Å². The van der Waals surface area contributed by atoms with Crippen molar-refractivity contribution >= 4 is 0 Å². The van der Waals surface area contributed by atoms with Crippen LogP contribution in [0.25, 0.3) is 0 Å². The van der Waals surface area contributed by atoms with E-state index in [1.54, 1.807) is 7.11 Å². The minimum atomic E-state index is 0.229. The van der Waals surface area contributed by atoms with E-state index in [4.69, 9.17) is 4.74 Å². The van der Waals surface area contributed by atoms with Gasteiger partial charge in [-0.05, 0) is 43.4 Å². The highest BCUT2D eigenvalue weighted by molar-refractivity contribution is 5.41. The van der Waals surface area contributed by atoms with Gasteiger partial charge in [0.25, 0.3) is 0 Å². The predicted octanol–water partition coefficient (Wildman–Crippen LogP) is 3.02. The molecule has 1 aromatic rings. The summed E-state index contributed by atoms with van der Waals surface area (Å²) in [7, 11) is 1.57. The Morgan fingerprint density at radius 1 is 1.33 bits per heavy atom. The molecule has 18 heavy (non-hydrogen) atoms. The molecule has 0 spiro atoms. The number of hydrogen-bond donors (Lipinski definition) is 1. The molecule has 3 nitrogen and oxygen atoms in total. The van der Waals surface area contributed by atoms with Crippen LogP contribution in [0.15, 0.2) is 18.2 Å². The van der Waals surface area contributed by atoms with Crippen molar-refractivity contribution in [2.75, 3.05) is 13.7 Å². The summed E-state index contributed by atoms with van der Waals surface area (Å²) in [5.41, 5.74) is 1.15. The van der Waals surface area contributed by atoms with Gasteiger partial charge in [-0.1, -0.05) is 13.0 Å². The van der Waals surface area contributed by atoms with Crippen LogP contribution in [0.4, 0.5) is 0 Å². The van der Waals surface area contributed by atoms with E-state index in [1.165, 1.54) is 12.8 Å². The van der Waals surface area contributed by atoms with E-state index in [0.717, 1.165) is 24.6 Å². The van der Waals surface area contributed by atoms with Crippen LogP contribution in [0.5, 0.6) is 11.5 Å². The van der Waals surface area contributed by atoms with Gasteiger partial charge in [-0.3, -0.25) is 4.90 Å². The minimum absolute atomic E-state index is 0.229. The number of likely N-dealkylation sites (tertiary alicyclic amines) is 1. The molecule has 0 saturated carbocycles. The summed E-state index contributed by atoms with van der Waals surface area (Å²) in [4.78, 5) is 2.50. The number of methoxy groups -OCH3 is 1. The molecular formula is C15H23NO2. The molecule has 1 heterocycles. The highest BCUT2D eigenvalue weighted by Crippen LogP contribution is 2.28. The van der Waals surface area contributed by atoms with Crippen molar-refractivity contribution in [1.82, 2.24) is 4.90 Å². The maximum absolute atomic E-state index is 9.80. The van der Waals surface area contributed by atoms with Gasteiger partial charge in [0, 0.05) is 19.1 Å². The molecule has 1 aromatic carbocycles. The van der Waals surface area contributed by atoms with E-state index in [9.17, 15) is 5.11 Å². The Hall–Kier alpha value is -1.22. The molecule has 0 amide bonds. The average Bonchev–Trinajstić information content (AvgIpc) is 2.34. The molecule has 0 radical (unpaired) electrons. The SMILES string of the molecule is COc1ccc(CN2CC(C)CCC2C)cc1O. The summed E-state index contributed by atoms with van der Waals surface area (Å²) < 4.78 is 5.06. The van der Waals surface area contributed by atoms with Crippen LogP contribution in [0.1, 0.15) is 32.3 Å². The number of phenols is 1. The molecule has 3 heteroatoms. The van der Waals surface area contributed by atoms with Gasteiger partial charge in [-0.25, -0.2) is 0 Å². The molecule has 1 N–H and O–H groups in total. The molecule has 100 valence electrons. The van der Waals surface area contributed by atoms with Gasteiger partial charge in [0.15, 0.2) is 11.5 Å². The maximum Gasteiger partial charge on any atom is 0.160 e. The number of piperidine rings is 1. The Morgan fingerprint density at radius 2 is 2.11 bits per heavy atom. The van der Waals surface area contributed by atoms with Crippen LogP contribution >= 0.6 is 0 Å². The number of phenolic OH excluding ortho intramolecular Hbond substituents is 1. The fraction of sp³-hybridized carbons (Fsp3) is 0.600. The van der Waals surface area contributed by atoms with Gasteiger partial charge in [-0.2, -0.15) is 0 Å². The lowest BCUT2D eigenvalue weighted by atomic mass is 9.94. The fourth-order valence-electron chi connectivity index (χ4n) is 2.67. The molecule has 2 unspecified atom stereocenters. The Morgan fingerprint density at radius 3 is 2.78 bits per heavy atom. The van der Waals surface area contributed by atoms with E-state index < -0.39 is 0 Å². The van der Waals surface area contributed by atoms with Gasteiger partial charge >= 0.3 is 0 Å². The van der Waals surface area contributed by atoms with Gasteiger partial charge < -0.3 is 9.84 Å². The van der Waals surface area contributed by atoms with E-state index in [2.05, 4.69) is 18.7 Å². The molecule has 1 aliphatic rings. The topological polar surface area (TPSA) is 32.7 Å². The lowest BCUT2D eigenvalue weighted by molar-refractivity contribution is 0.117. The van der Waals surface area contributed by atoms with Crippen molar-refractivity contribution in [3.8, 4) is 11.5 Å². The standard InChI is InChI=1S/C15H23NO2/c1-11-4-5-12(2)16(9-11)10-13-6-7-15(18-3)14(17)8-13/h6-8,11-12,17H,4-5,9-10H2,1-3H3. The first-order valence-electron chi connectivity index (χ1n) is 6.70. The minimum Gasteiger partial charge on any atom is -0.504 e. The molecular weight excluding hydrogens is 226 g/mol. The van der Waals surface area contributed by atoms with Crippen LogP contribution in [0.2, 0.25) is 0 Å². The summed E-state index contributed by atoms with van der Waals surface area (Å²) in [6.45, 7) is 6.65. The molecule has 2 atom stereocenters. The quantitative estimate of drug-likeness (QED) is 0.893. The van der Waals surface area contributed by atoms with Gasteiger partial charge in [0.2, 0.25) is 0 Å². The normalized spacial score (nSPS) is 25.1. The van der Waals surface area contributed by atoms with Gasteiger partial charge in [0.05, 0.1) is 7.11 Å². The van der Waals surface area contributed by atoms with Gasteiger partial charge in [-0.15, -0.1) is 0 Å². The Labute approximate surface area is 109 Å². The second-order valence-corrected chi connectivity index (χ2v) is 5.47. The number of rotatable bonds is 3. The van der Waals surface area contributed by atoms with E-state index in [-0.39, 0.29) is 5.75 Å². The third kappa shape index (κ3) is 2.96. The zero-order valence-electron chi connectivity index (χ0n) is 11.5. The summed E-state index contributed by atoms with van der Waals surface area (Å²) in [6.07, 6.45) is 2.59. The van der Waals surface area contributed by atoms with Crippen LogP contribution in [-0.2, 0) is 6.54 Å². The summed E-state index contributed by atoms with van der Waals surface area (Å²) >= 11 is 0. The third-order valence-electron chi connectivity index (χ3n) is 3.88. The fourth-order valence-corrected chi connectivity index (χ4v) is 2.67. The molecule has 0 aromatic heterocycles. The number of aromatic hydroxyl groups is 1. The van der Waals surface area contributed by atoms with Crippen molar-refractivity contribution in [3.05, 3.63) is 23.8 Å². The first-order valence-corrected chi connectivity index (χ1v) is 6.70. The Kier molecular flexibility index (Phi) is 4.12. The lowest BCUT2D eigenvalue weighted by Gasteiger charge is -2.36. The lowest BCUT2D eigenvalue weighted by Crippen LogP contribution is -2.40. The highest BCUT2D eigenvalue weighted by atomic mass is 16.5. The van der Waals surface area contributed by atoms with E-state index >= 15 is 0 Å². The first-order chi connectivity index (χ1) is 8.60. The van der Waals surface area contributed by atoms with Crippen molar-refractivity contribution in [3.63, 3.8) is 0 Å². The molecule has 2 rings (SSSR count). The number of nitrogens with zero attached hydrogens (tertiary/aromatic N) is 1. The summed E-state index contributed by atoms with van der Waals surface area (Å²) in [5.74, 6) is 1.54. The van der Waals surface area contributed by atoms with Crippen LogP contribution in [0.3, 0.4) is 0 Å². The van der Waals surface area contributed by atoms with Crippen LogP contribution in [0, 0.1) is 5.92 Å². The zero-order valence-corrected chi connectivity index (χ0v) is 11.5. The summed E-state index contributed by atoms with van der Waals surface area (Å²) in [5, 5.41) is 9.80. The molecule has 0 aliphatic carbocycles. The smallest absolute Gasteiger partial charge is 0.160 e. The Bertz CT molecular complexity index is 405. The second-order valence-electron chi connectivity index (χ2n) is 5.47. The molecule has 0 bridgehead atoms. The number of hydrogen-bond acceptors (Lipinski definition) is 3. The zero-order chi connectivity index (χ0) is 13.1. The van der Waals surface area contributed by atoms with Crippen molar-refractivity contribution in [1.29, 1.82) is 0 Å². The number of benzene rings is 1. The van der Waals surface area contributed by atoms with Crippen molar-refractivity contribution < 1.29 is 9.84 Å². The Balaban J connectivity index is 2.06. The maximum atomic E-state index is 9.80. The largest absolute Gasteiger partial charge is 0.504 e. The van der Waals surface area contributed by atoms with Crippen molar-refractivity contribution in [2.45, 2.75) is 39.3 Å². The van der Waals surface area contributed by atoms with Gasteiger partial charge in [0.1, 0.15) is 0 Å². The van der Waals surface area contributed by atoms with Crippen LogP contribution in [-0.4, -0.2) is 29.7 Å².